The summed E-state index contributed by atoms with van der Waals surface area (Å²) < 4.78 is 0. The molecule has 3 aromatic rings. The molecule has 19 heavy (non-hydrogen) atoms. The van der Waals surface area contributed by atoms with E-state index in [1.54, 1.807) is 24.3 Å². The van der Waals surface area contributed by atoms with Crippen LogP contribution in [0.5, 0.6) is 5.75 Å². The van der Waals surface area contributed by atoms with Crippen molar-refractivity contribution in [3.63, 3.8) is 0 Å². The van der Waals surface area contributed by atoms with Gasteiger partial charge >= 0.3 is 0 Å². The van der Waals surface area contributed by atoms with Crippen molar-refractivity contribution in [2.24, 2.45) is 0 Å². The largest absolute Gasteiger partial charge is 0.506 e. The van der Waals surface area contributed by atoms with E-state index >= 15 is 0 Å². The zero-order valence-electron chi connectivity index (χ0n) is 10.4. The smallest absolute Gasteiger partial charge is 0.143 e. The Morgan fingerprint density at radius 3 is 2.63 bits per heavy atom. The highest BCUT2D eigenvalue weighted by Crippen LogP contribution is 2.23. The molecule has 0 saturated heterocycles. The molecule has 0 aliphatic carbocycles. The number of hydrogen-bond acceptors (Lipinski definition) is 4. The van der Waals surface area contributed by atoms with Gasteiger partial charge in [-0.3, -0.25) is 0 Å². The van der Waals surface area contributed by atoms with Crippen LogP contribution >= 0.6 is 0 Å². The molecule has 0 atom stereocenters. The molecule has 0 saturated carbocycles. The number of benzene rings is 2. The molecular weight excluding hydrogens is 242 g/mol. The van der Waals surface area contributed by atoms with Crippen LogP contribution in [0.1, 0.15) is 11.1 Å². The van der Waals surface area contributed by atoms with E-state index in [0.717, 1.165) is 16.6 Å². The molecule has 0 amide bonds. The van der Waals surface area contributed by atoms with Crippen LogP contribution in [-0.2, 0) is 6.61 Å². The molecule has 3 rings (SSSR count). The van der Waals surface area contributed by atoms with Gasteiger partial charge in [0.25, 0.3) is 0 Å². The summed E-state index contributed by atoms with van der Waals surface area (Å²) in [7, 11) is 0. The van der Waals surface area contributed by atoms with Crippen LogP contribution in [-0.4, -0.2) is 25.2 Å². The monoisotopic (exact) mass is 255 g/mol. The molecule has 5 heteroatoms. The van der Waals surface area contributed by atoms with Gasteiger partial charge in [0.2, 0.25) is 0 Å². The van der Waals surface area contributed by atoms with Gasteiger partial charge in [0.05, 0.1) is 6.61 Å². The van der Waals surface area contributed by atoms with Crippen LogP contribution in [0.25, 0.3) is 16.7 Å². The number of fused-ring (bicyclic) bond motifs is 1. The lowest BCUT2D eigenvalue weighted by Crippen LogP contribution is -1.99. The maximum atomic E-state index is 9.87. The lowest BCUT2D eigenvalue weighted by atomic mass is 10.2. The van der Waals surface area contributed by atoms with Gasteiger partial charge in [0, 0.05) is 0 Å². The Labute approximate surface area is 109 Å². The molecular formula is C14H13N3O2. The average Bonchev–Trinajstić information content (AvgIpc) is 2.83. The zero-order valence-corrected chi connectivity index (χ0v) is 10.4. The van der Waals surface area contributed by atoms with Crippen molar-refractivity contribution >= 4 is 11.0 Å². The number of nitrogens with zero attached hydrogens (tertiary/aromatic N) is 3. The number of aliphatic hydroxyl groups excluding tert-OH is 1. The highest BCUT2D eigenvalue weighted by molar-refractivity contribution is 5.74. The molecule has 0 unspecified atom stereocenters. The Bertz CT molecular complexity index is 750. The molecule has 0 radical (unpaired) electrons. The predicted octanol–water partition coefficient (Wildman–Crippen LogP) is 1.93. The summed E-state index contributed by atoms with van der Waals surface area (Å²) >= 11 is 0. The summed E-state index contributed by atoms with van der Waals surface area (Å²) in [5.74, 6) is 0.133. The van der Waals surface area contributed by atoms with Crippen molar-refractivity contribution in [1.82, 2.24) is 15.0 Å². The summed E-state index contributed by atoms with van der Waals surface area (Å²) in [5, 5.41) is 27.6. The van der Waals surface area contributed by atoms with Gasteiger partial charge < -0.3 is 10.2 Å². The van der Waals surface area contributed by atoms with Crippen LogP contribution in [0.4, 0.5) is 0 Å². The van der Waals surface area contributed by atoms with Gasteiger partial charge in [0.15, 0.2) is 0 Å². The standard InChI is InChI=1S/C14H13N3O2/c1-9-2-5-14(19)13(6-9)17-15-11-4-3-10(8-18)7-12(11)16-17/h2-7,18-19H,8H2,1H3. The minimum atomic E-state index is -0.0293. The molecule has 0 aliphatic heterocycles. The van der Waals surface area contributed by atoms with E-state index in [-0.39, 0.29) is 12.4 Å². The molecule has 1 aromatic heterocycles. The maximum absolute atomic E-state index is 9.87. The third-order valence-corrected chi connectivity index (χ3v) is 2.97. The SMILES string of the molecule is Cc1ccc(O)c(-n2nc3ccc(CO)cc3n2)c1. The van der Waals surface area contributed by atoms with Crippen molar-refractivity contribution in [3.8, 4) is 11.4 Å². The summed E-state index contributed by atoms with van der Waals surface area (Å²) in [6, 6.07) is 10.7. The maximum Gasteiger partial charge on any atom is 0.143 e. The van der Waals surface area contributed by atoms with E-state index in [1.165, 1.54) is 4.80 Å². The fraction of sp³-hybridized carbons (Fsp3) is 0.143. The van der Waals surface area contributed by atoms with Crippen LogP contribution < -0.4 is 0 Å². The Balaban J connectivity index is 2.17. The number of hydrogen-bond donors (Lipinski definition) is 2. The first-order chi connectivity index (χ1) is 9.17. The molecule has 0 spiro atoms. The van der Waals surface area contributed by atoms with E-state index in [1.807, 2.05) is 19.1 Å². The predicted molar refractivity (Wildman–Crippen MR) is 71.2 cm³/mol. The Hall–Kier alpha value is -2.40. The second kappa shape index (κ2) is 4.37. The highest BCUT2D eigenvalue weighted by atomic mass is 16.3. The summed E-state index contributed by atoms with van der Waals surface area (Å²) in [6.45, 7) is 1.91. The summed E-state index contributed by atoms with van der Waals surface area (Å²) in [4.78, 5) is 1.41. The molecule has 0 aliphatic rings. The lowest BCUT2D eigenvalue weighted by molar-refractivity contribution is 0.282. The quantitative estimate of drug-likeness (QED) is 0.734. The van der Waals surface area contributed by atoms with Gasteiger partial charge in [-0.05, 0) is 42.3 Å². The number of aromatic nitrogens is 3. The van der Waals surface area contributed by atoms with Crippen molar-refractivity contribution in [3.05, 3.63) is 47.5 Å². The third kappa shape index (κ3) is 2.04. The number of aliphatic hydroxyl groups is 1. The summed E-state index contributed by atoms with van der Waals surface area (Å²) in [6.07, 6.45) is 0. The Kier molecular flexibility index (Phi) is 2.68. The van der Waals surface area contributed by atoms with Crippen molar-refractivity contribution in [1.29, 1.82) is 0 Å². The van der Waals surface area contributed by atoms with E-state index in [0.29, 0.717) is 11.2 Å². The minimum Gasteiger partial charge on any atom is -0.506 e. The first-order valence-electron chi connectivity index (χ1n) is 5.94. The van der Waals surface area contributed by atoms with Crippen molar-refractivity contribution in [2.75, 3.05) is 0 Å². The van der Waals surface area contributed by atoms with Crippen LogP contribution in [0, 0.1) is 6.92 Å². The molecule has 5 nitrogen and oxygen atoms in total. The lowest BCUT2D eigenvalue weighted by Gasteiger charge is -2.03. The topological polar surface area (TPSA) is 71.2 Å². The highest BCUT2D eigenvalue weighted by Gasteiger charge is 2.09. The van der Waals surface area contributed by atoms with E-state index in [4.69, 9.17) is 5.11 Å². The van der Waals surface area contributed by atoms with Gasteiger partial charge in [-0.2, -0.15) is 0 Å². The number of phenolic OH excluding ortho intramolecular Hbond substituents is 1. The second-order valence-electron chi connectivity index (χ2n) is 4.46. The Morgan fingerprint density at radius 2 is 1.84 bits per heavy atom. The number of aryl methyl sites for hydroxylation is 1. The van der Waals surface area contributed by atoms with E-state index in [9.17, 15) is 5.11 Å². The van der Waals surface area contributed by atoms with Crippen molar-refractivity contribution in [2.45, 2.75) is 13.5 Å². The zero-order chi connectivity index (χ0) is 13.4. The number of rotatable bonds is 2. The van der Waals surface area contributed by atoms with Gasteiger partial charge in [-0.15, -0.1) is 15.0 Å². The average molecular weight is 255 g/mol. The van der Waals surface area contributed by atoms with Gasteiger partial charge in [-0.1, -0.05) is 12.1 Å². The van der Waals surface area contributed by atoms with Gasteiger partial charge in [-0.25, -0.2) is 0 Å². The second-order valence-corrected chi connectivity index (χ2v) is 4.46. The molecule has 1 heterocycles. The van der Waals surface area contributed by atoms with Crippen molar-refractivity contribution < 1.29 is 10.2 Å². The fourth-order valence-corrected chi connectivity index (χ4v) is 1.96. The third-order valence-electron chi connectivity index (χ3n) is 2.97. The van der Waals surface area contributed by atoms with Crippen LogP contribution in [0.3, 0.4) is 0 Å². The summed E-state index contributed by atoms with van der Waals surface area (Å²) in [5.41, 5.74) is 3.76. The fourth-order valence-electron chi connectivity index (χ4n) is 1.96. The van der Waals surface area contributed by atoms with Crippen LogP contribution in [0.15, 0.2) is 36.4 Å². The first kappa shape index (κ1) is 11.7. The van der Waals surface area contributed by atoms with Gasteiger partial charge in [0.1, 0.15) is 22.5 Å². The number of aromatic hydroxyl groups is 1. The number of phenols is 1. The molecule has 2 aromatic carbocycles. The van der Waals surface area contributed by atoms with Crippen LogP contribution in [0.2, 0.25) is 0 Å². The molecule has 0 fully saturated rings. The first-order valence-corrected chi connectivity index (χ1v) is 5.94. The normalized spacial score (nSPS) is 11.1. The molecule has 0 bridgehead atoms. The Morgan fingerprint density at radius 1 is 1.05 bits per heavy atom. The molecule has 2 N–H and O–H groups in total. The van der Waals surface area contributed by atoms with E-state index < -0.39 is 0 Å². The minimum absolute atomic E-state index is 0.0293. The molecule has 96 valence electrons. The van der Waals surface area contributed by atoms with E-state index in [2.05, 4.69) is 10.2 Å².